The summed E-state index contributed by atoms with van der Waals surface area (Å²) in [5.41, 5.74) is 4.63. The zero-order valence-corrected chi connectivity index (χ0v) is 13.8. The molecular weight excluding hydrogens is 336 g/mol. The van der Waals surface area contributed by atoms with E-state index in [2.05, 4.69) is 20.5 Å². The molecule has 0 saturated carbocycles. The van der Waals surface area contributed by atoms with Crippen molar-refractivity contribution in [1.82, 2.24) is 9.97 Å². The third-order valence-corrected chi connectivity index (χ3v) is 4.00. The lowest BCUT2D eigenvalue weighted by atomic mass is 10.2. The van der Waals surface area contributed by atoms with E-state index in [0.29, 0.717) is 22.4 Å². The zero-order chi connectivity index (χ0) is 17.1. The second-order valence-corrected chi connectivity index (χ2v) is 5.70. The lowest BCUT2D eigenvalue weighted by Crippen LogP contribution is -1.95. The van der Waals surface area contributed by atoms with Gasteiger partial charge in [0.15, 0.2) is 5.82 Å². The van der Waals surface area contributed by atoms with Crippen LogP contribution in [0.1, 0.15) is 5.76 Å². The number of rotatable bonds is 4. The minimum absolute atomic E-state index is 0.612. The summed E-state index contributed by atoms with van der Waals surface area (Å²) >= 11 is 6.19. The molecule has 2 heterocycles. The van der Waals surface area contributed by atoms with E-state index in [9.17, 15) is 0 Å². The van der Waals surface area contributed by atoms with Crippen LogP contribution < -0.4 is 5.43 Å². The van der Waals surface area contributed by atoms with Crippen molar-refractivity contribution in [2.24, 2.45) is 5.10 Å². The highest BCUT2D eigenvalue weighted by Gasteiger charge is 2.07. The van der Waals surface area contributed by atoms with Crippen LogP contribution in [0.4, 0.5) is 5.82 Å². The number of para-hydroxylation sites is 1. The molecule has 0 aliphatic rings. The van der Waals surface area contributed by atoms with Gasteiger partial charge in [-0.3, -0.25) is 5.43 Å². The lowest BCUT2D eigenvalue weighted by Gasteiger charge is -2.02. The molecule has 0 atom stereocenters. The maximum atomic E-state index is 6.19. The second kappa shape index (κ2) is 6.75. The number of benzene rings is 2. The van der Waals surface area contributed by atoms with Crippen LogP contribution in [0.15, 0.2) is 76.5 Å². The summed E-state index contributed by atoms with van der Waals surface area (Å²) in [6.07, 6.45) is 3.10. The van der Waals surface area contributed by atoms with Gasteiger partial charge in [0.1, 0.15) is 17.8 Å². The molecule has 0 aliphatic heterocycles. The summed E-state index contributed by atoms with van der Waals surface area (Å²) < 4.78 is 5.77. The van der Waals surface area contributed by atoms with E-state index in [-0.39, 0.29) is 0 Å². The first-order valence-electron chi connectivity index (χ1n) is 7.65. The van der Waals surface area contributed by atoms with Crippen molar-refractivity contribution in [1.29, 1.82) is 0 Å². The van der Waals surface area contributed by atoms with Gasteiger partial charge in [0.05, 0.1) is 16.8 Å². The summed E-state index contributed by atoms with van der Waals surface area (Å²) in [6.45, 7) is 0. The van der Waals surface area contributed by atoms with Crippen LogP contribution >= 0.6 is 11.6 Å². The molecule has 25 heavy (non-hydrogen) atoms. The fourth-order valence-corrected chi connectivity index (χ4v) is 2.71. The molecule has 6 heteroatoms. The number of aromatic nitrogens is 2. The molecule has 2 aromatic carbocycles. The number of nitrogens with zero attached hydrogens (tertiary/aromatic N) is 3. The third kappa shape index (κ3) is 3.22. The fraction of sp³-hybridized carbons (Fsp3) is 0. The SMILES string of the molecule is Clc1ccccc1-c1ccc(C=NNc2ncnc3ccccc23)o1. The molecule has 0 fully saturated rings. The van der Waals surface area contributed by atoms with Crippen LogP contribution in [-0.2, 0) is 0 Å². The molecule has 0 bridgehead atoms. The molecular formula is C19H13ClN4O. The molecule has 0 spiro atoms. The summed E-state index contributed by atoms with van der Waals surface area (Å²) in [7, 11) is 0. The summed E-state index contributed by atoms with van der Waals surface area (Å²) in [4.78, 5) is 8.44. The molecule has 4 aromatic rings. The number of hydrogen-bond acceptors (Lipinski definition) is 5. The molecule has 122 valence electrons. The number of hydrazone groups is 1. The first kappa shape index (κ1) is 15.4. The molecule has 0 amide bonds. The molecule has 0 aliphatic carbocycles. The Hall–Kier alpha value is -3.18. The molecule has 0 saturated heterocycles. The average Bonchev–Trinajstić information content (AvgIpc) is 3.11. The smallest absolute Gasteiger partial charge is 0.157 e. The van der Waals surface area contributed by atoms with E-state index in [1.807, 2.05) is 60.7 Å². The van der Waals surface area contributed by atoms with E-state index in [0.717, 1.165) is 16.5 Å². The van der Waals surface area contributed by atoms with Crippen molar-refractivity contribution >= 4 is 34.5 Å². The zero-order valence-electron chi connectivity index (χ0n) is 13.1. The molecule has 0 radical (unpaired) electrons. The van der Waals surface area contributed by atoms with Crippen LogP contribution in [0.5, 0.6) is 0 Å². The highest BCUT2D eigenvalue weighted by Crippen LogP contribution is 2.28. The number of hydrogen-bond donors (Lipinski definition) is 1. The van der Waals surface area contributed by atoms with Gasteiger partial charge in [-0.1, -0.05) is 35.9 Å². The van der Waals surface area contributed by atoms with Gasteiger partial charge >= 0.3 is 0 Å². The monoisotopic (exact) mass is 348 g/mol. The van der Waals surface area contributed by atoms with Crippen molar-refractivity contribution in [3.63, 3.8) is 0 Å². The Morgan fingerprint density at radius 1 is 0.960 bits per heavy atom. The van der Waals surface area contributed by atoms with Crippen LogP contribution in [0.2, 0.25) is 5.02 Å². The van der Waals surface area contributed by atoms with Crippen molar-refractivity contribution in [3.05, 3.63) is 77.8 Å². The van der Waals surface area contributed by atoms with Gasteiger partial charge in [-0.15, -0.1) is 0 Å². The lowest BCUT2D eigenvalue weighted by molar-refractivity contribution is 0.575. The van der Waals surface area contributed by atoms with Crippen LogP contribution in [0.3, 0.4) is 0 Å². The number of fused-ring (bicyclic) bond motifs is 1. The van der Waals surface area contributed by atoms with Crippen LogP contribution in [0.25, 0.3) is 22.2 Å². The summed E-state index contributed by atoms with van der Waals surface area (Å²) in [5.74, 6) is 1.94. The second-order valence-electron chi connectivity index (χ2n) is 5.29. The molecule has 2 aromatic heterocycles. The van der Waals surface area contributed by atoms with E-state index in [4.69, 9.17) is 16.0 Å². The van der Waals surface area contributed by atoms with E-state index < -0.39 is 0 Å². The molecule has 1 N–H and O–H groups in total. The van der Waals surface area contributed by atoms with Gasteiger partial charge < -0.3 is 4.42 Å². The Kier molecular flexibility index (Phi) is 4.14. The van der Waals surface area contributed by atoms with Gasteiger partial charge in [-0.05, 0) is 36.4 Å². The molecule has 5 nitrogen and oxygen atoms in total. The molecule has 0 unspecified atom stereocenters. The number of anilines is 1. The van der Waals surface area contributed by atoms with Gasteiger partial charge in [-0.25, -0.2) is 9.97 Å². The normalized spacial score (nSPS) is 11.2. The Labute approximate surface area is 149 Å². The highest BCUT2D eigenvalue weighted by molar-refractivity contribution is 6.33. The van der Waals surface area contributed by atoms with E-state index in [1.54, 1.807) is 6.21 Å². The van der Waals surface area contributed by atoms with Gasteiger partial charge in [-0.2, -0.15) is 5.10 Å². The molecule has 4 rings (SSSR count). The number of halogens is 1. The van der Waals surface area contributed by atoms with Crippen molar-refractivity contribution in [2.75, 3.05) is 5.43 Å². The van der Waals surface area contributed by atoms with Crippen LogP contribution in [0, 0.1) is 0 Å². The fourth-order valence-electron chi connectivity index (χ4n) is 2.48. The van der Waals surface area contributed by atoms with Gasteiger partial charge in [0.2, 0.25) is 0 Å². The highest BCUT2D eigenvalue weighted by atomic mass is 35.5. The van der Waals surface area contributed by atoms with Crippen molar-refractivity contribution < 1.29 is 4.42 Å². The summed E-state index contributed by atoms with van der Waals surface area (Å²) in [6, 6.07) is 19.0. The Morgan fingerprint density at radius 3 is 2.72 bits per heavy atom. The Morgan fingerprint density at radius 2 is 1.80 bits per heavy atom. The predicted octanol–water partition coefficient (Wildman–Crippen LogP) is 4.99. The first-order chi connectivity index (χ1) is 12.3. The maximum absolute atomic E-state index is 6.19. The quantitative estimate of drug-likeness (QED) is 0.417. The van der Waals surface area contributed by atoms with Gasteiger partial charge in [0.25, 0.3) is 0 Å². The Bertz CT molecular complexity index is 1050. The summed E-state index contributed by atoms with van der Waals surface area (Å²) in [5, 5.41) is 5.75. The minimum atomic E-state index is 0.612. The predicted molar refractivity (Wildman–Crippen MR) is 99.9 cm³/mol. The van der Waals surface area contributed by atoms with Crippen LogP contribution in [-0.4, -0.2) is 16.2 Å². The topological polar surface area (TPSA) is 63.3 Å². The largest absolute Gasteiger partial charge is 0.455 e. The number of furan rings is 1. The first-order valence-corrected chi connectivity index (χ1v) is 8.02. The van der Waals surface area contributed by atoms with E-state index >= 15 is 0 Å². The third-order valence-electron chi connectivity index (χ3n) is 3.67. The van der Waals surface area contributed by atoms with E-state index in [1.165, 1.54) is 6.33 Å². The van der Waals surface area contributed by atoms with Crippen molar-refractivity contribution in [2.45, 2.75) is 0 Å². The maximum Gasteiger partial charge on any atom is 0.157 e. The minimum Gasteiger partial charge on any atom is -0.455 e. The average molecular weight is 349 g/mol. The standard InChI is InChI=1S/C19H13ClN4O/c20-16-7-3-1-5-14(16)18-10-9-13(25-18)11-23-24-19-15-6-2-4-8-17(15)21-12-22-19/h1-12H,(H,21,22,24). The Balaban J connectivity index is 1.54. The van der Waals surface area contributed by atoms with Gasteiger partial charge in [0, 0.05) is 10.9 Å². The number of nitrogens with one attached hydrogen (secondary N) is 1. The van der Waals surface area contributed by atoms with Crippen molar-refractivity contribution in [3.8, 4) is 11.3 Å².